The van der Waals surface area contributed by atoms with Gasteiger partial charge < -0.3 is 10.1 Å². The Morgan fingerprint density at radius 3 is 3.12 bits per heavy atom. The lowest BCUT2D eigenvalue weighted by atomic mass is 9.97. The molecule has 1 saturated heterocycles. The maximum atomic E-state index is 13.1. The number of ether oxygens (including phenoxy) is 1. The predicted molar refractivity (Wildman–Crippen MR) is 69.3 cm³/mol. The summed E-state index contributed by atoms with van der Waals surface area (Å²) < 4.78 is 19.5. The van der Waals surface area contributed by atoms with Crippen LogP contribution in [-0.4, -0.2) is 19.3 Å². The maximum absolute atomic E-state index is 13.1. The quantitative estimate of drug-likeness (QED) is 0.926. The van der Waals surface area contributed by atoms with Gasteiger partial charge in [0.25, 0.3) is 0 Å². The van der Waals surface area contributed by atoms with Crippen molar-refractivity contribution in [2.75, 3.05) is 13.2 Å². The molecule has 2 unspecified atom stereocenters. The number of halogens is 2. The van der Waals surface area contributed by atoms with Gasteiger partial charge in [0.15, 0.2) is 0 Å². The van der Waals surface area contributed by atoms with Gasteiger partial charge in [-0.2, -0.15) is 0 Å². The van der Waals surface area contributed by atoms with Gasteiger partial charge in [0.2, 0.25) is 0 Å². The molecule has 2 rings (SSSR count). The molecule has 0 saturated carbocycles. The van der Waals surface area contributed by atoms with E-state index in [0.717, 1.165) is 29.7 Å². The van der Waals surface area contributed by atoms with E-state index in [1.165, 1.54) is 6.07 Å². The summed E-state index contributed by atoms with van der Waals surface area (Å²) in [6.07, 6.45) is 1.02. The van der Waals surface area contributed by atoms with Crippen LogP contribution in [0.4, 0.5) is 4.39 Å². The van der Waals surface area contributed by atoms with Crippen molar-refractivity contribution in [3.8, 4) is 0 Å². The molecule has 94 valence electrons. The summed E-state index contributed by atoms with van der Waals surface area (Å²) in [6, 6.07) is 5.24. The van der Waals surface area contributed by atoms with Crippen molar-refractivity contribution in [1.29, 1.82) is 0 Å². The number of hydrogen-bond acceptors (Lipinski definition) is 2. The standard InChI is InChI=1S/C13H17BrFNO/c1-9-8-17-5-4-13(9)16-7-10-6-11(15)2-3-12(10)14/h2-3,6,9,13,16H,4-5,7-8H2,1H3. The molecule has 1 aromatic rings. The van der Waals surface area contributed by atoms with Gasteiger partial charge in [-0.15, -0.1) is 0 Å². The van der Waals surface area contributed by atoms with Crippen LogP contribution >= 0.6 is 15.9 Å². The van der Waals surface area contributed by atoms with Crippen LogP contribution < -0.4 is 5.32 Å². The average Bonchev–Trinajstić information content (AvgIpc) is 2.32. The van der Waals surface area contributed by atoms with E-state index in [2.05, 4.69) is 28.2 Å². The van der Waals surface area contributed by atoms with Crippen LogP contribution in [0.1, 0.15) is 18.9 Å². The predicted octanol–water partition coefficient (Wildman–Crippen LogP) is 3.10. The van der Waals surface area contributed by atoms with Gasteiger partial charge in [-0.1, -0.05) is 22.9 Å². The maximum Gasteiger partial charge on any atom is 0.123 e. The molecule has 0 aromatic heterocycles. The van der Waals surface area contributed by atoms with E-state index in [1.807, 2.05) is 0 Å². The molecular formula is C13H17BrFNO. The van der Waals surface area contributed by atoms with E-state index in [1.54, 1.807) is 12.1 Å². The van der Waals surface area contributed by atoms with Crippen LogP contribution in [-0.2, 0) is 11.3 Å². The normalized spacial score (nSPS) is 24.9. The summed E-state index contributed by atoms with van der Waals surface area (Å²) in [7, 11) is 0. The molecular weight excluding hydrogens is 285 g/mol. The van der Waals surface area contributed by atoms with Gasteiger partial charge in [0.1, 0.15) is 5.82 Å². The highest BCUT2D eigenvalue weighted by Gasteiger charge is 2.21. The SMILES string of the molecule is CC1COCCC1NCc1cc(F)ccc1Br. The molecule has 1 aromatic carbocycles. The van der Waals surface area contributed by atoms with Crippen molar-refractivity contribution in [3.05, 3.63) is 34.1 Å². The molecule has 17 heavy (non-hydrogen) atoms. The number of nitrogens with one attached hydrogen (secondary N) is 1. The van der Waals surface area contributed by atoms with Gasteiger partial charge in [0, 0.05) is 23.7 Å². The monoisotopic (exact) mass is 301 g/mol. The van der Waals surface area contributed by atoms with Crippen LogP contribution in [0.2, 0.25) is 0 Å². The fraction of sp³-hybridized carbons (Fsp3) is 0.538. The Hall–Kier alpha value is -0.450. The molecule has 0 bridgehead atoms. The molecule has 2 nitrogen and oxygen atoms in total. The van der Waals surface area contributed by atoms with Gasteiger partial charge in [-0.05, 0) is 36.1 Å². The molecule has 1 N–H and O–H groups in total. The topological polar surface area (TPSA) is 21.3 Å². The Balaban J connectivity index is 1.94. The van der Waals surface area contributed by atoms with Crippen molar-refractivity contribution in [2.24, 2.45) is 5.92 Å². The lowest BCUT2D eigenvalue weighted by molar-refractivity contribution is 0.0386. The third-order valence-corrected chi connectivity index (χ3v) is 3.98. The summed E-state index contributed by atoms with van der Waals surface area (Å²) >= 11 is 3.44. The number of rotatable bonds is 3. The zero-order valence-electron chi connectivity index (χ0n) is 9.88. The van der Waals surface area contributed by atoms with E-state index in [9.17, 15) is 4.39 Å². The molecule has 1 fully saturated rings. The van der Waals surface area contributed by atoms with Gasteiger partial charge in [-0.3, -0.25) is 0 Å². The Morgan fingerprint density at radius 1 is 1.53 bits per heavy atom. The number of benzene rings is 1. The first-order valence-corrected chi connectivity index (χ1v) is 6.71. The minimum Gasteiger partial charge on any atom is -0.381 e. The third kappa shape index (κ3) is 3.50. The Morgan fingerprint density at radius 2 is 2.35 bits per heavy atom. The fourth-order valence-corrected chi connectivity index (χ4v) is 2.49. The number of hydrogen-bond donors (Lipinski definition) is 1. The third-order valence-electron chi connectivity index (χ3n) is 3.20. The Labute approximate surface area is 110 Å². The van der Waals surface area contributed by atoms with Crippen molar-refractivity contribution in [1.82, 2.24) is 5.32 Å². The summed E-state index contributed by atoms with van der Waals surface area (Å²) in [4.78, 5) is 0. The first-order chi connectivity index (χ1) is 8.16. The second kappa shape index (κ2) is 5.94. The van der Waals surface area contributed by atoms with E-state index in [4.69, 9.17) is 4.74 Å². The van der Waals surface area contributed by atoms with Crippen LogP contribution in [0.5, 0.6) is 0 Å². The van der Waals surface area contributed by atoms with Crippen molar-refractivity contribution in [2.45, 2.75) is 25.9 Å². The Bertz CT molecular complexity index is 386. The molecule has 0 amide bonds. The van der Waals surface area contributed by atoms with Gasteiger partial charge in [0.05, 0.1) is 6.61 Å². The minimum atomic E-state index is -0.190. The van der Waals surface area contributed by atoms with Crippen LogP contribution in [0.25, 0.3) is 0 Å². The first-order valence-electron chi connectivity index (χ1n) is 5.92. The molecule has 0 spiro atoms. The lowest BCUT2D eigenvalue weighted by Crippen LogP contribution is -2.41. The second-order valence-electron chi connectivity index (χ2n) is 4.56. The molecule has 1 aliphatic heterocycles. The van der Waals surface area contributed by atoms with E-state index >= 15 is 0 Å². The second-order valence-corrected chi connectivity index (χ2v) is 5.42. The highest BCUT2D eigenvalue weighted by Crippen LogP contribution is 2.19. The van der Waals surface area contributed by atoms with Crippen molar-refractivity contribution >= 4 is 15.9 Å². The van der Waals surface area contributed by atoms with E-state index in [-0.39, 0.29) is 5.82 Å². The summed E-state index contributed by atoms with van der Waals surface area (Å²) in [5.41, 5.74) is 0.962. The van der Waals surface area contributed by atoms with E-state index < -0.39 is 0 Å². The van der Waals surface area contributed by atoms with Crippen molar-refractivity contribution in [3.63, 3.8) is 0 Å². The highest BCUT2D eigenvalue weighted by molar-refractivity contribution is 9.10. The zero-order chi connectivity index (χ0) is 12.3. The van der Waals surface area contributed by atoms with Gasteiger partial charge in [-0.25, -0.2) is 4.39 Å². The van der Waals surface area contributed by atoms with Crippen LogP contribution in [0, 0.1) is 11.7 Å². The smallest absolute Gasteiger partial charge is 0.123 e. The lowest BCUT2D eigenvalue weighted by Gasteiger charge is -2.29. The molecule has 0 radical (unpaired) electrons. The molecule has 1 aliphatic rings. The van der Waals surface area contributed by atoms with Crippen LogP contribution in [0.3, 0.4) is 0 Å². The van der Waals surface area contributed by atoms with Gasteiger partial charge >= 0.3 is 0 Å². The molecule has 4 heteroatoms. The molecule has 2 atom stereocenters. The Kier molecular flexibility index (Phi) is 4.54. The largest absolute Gasteiger partial charge is 0.381 e. The van der Waals surface area contributed by atoms with Crippen molar-refractivity contribution < 1.29 is 9.13 Å². The summed E-state index contributed by atoms with van der Waals surface area (Å²) in [6.45, 7) is 4.49. The van der Waals surface area contributed by atoms with E-state index in [0.29, 0.717) is 18.5 Å². The summed E-state index contributed by atoms with van der Waals surface area (Å²) in [5.74, 6) is 0.320. The molecule has 1 heterocycles. The minimum absolute atomic E-state index is 0.190. The molecule has 0 aliphatic carbocycles. The zero-order valence-corrected chi connectivity index (χ0v) is 11.5. The first kappa shape index (κ1) is 13.0. The fourth-order valence-electron chi connectivity index (χ4n) is 2.10. The highest BCUT2D eigenvalue weighted by atomic mass is 79.9. The summed E-state index contributed by atoms with van der Waals surface area (Å²) in [5, 5.41) is 3.48. The average molecular weight is 302 g/mol. The van der Waals surface area contributed by atoms with Crippen LogP contribution in [0.15, 0.2) is 22.7 Å².